The Bertz CT molecular complexity index is 923. The Kier molecular flexibility index (Phi) is 7.59. The van der Waals surface area contributed by atoms with Gasteiger partial charge >= 0.3 is 0 Å². The highest BCUT2D eigenvalue weighted by molar-refractivity contribution is 14.1. The molecular formula is C22H20F2INO2. The van der Waals surface area contributed by atoms with Gasteiger partial charge in [-0.25, -0.2) is 13.8 Å². The molecule has 146 valence electrons. The van der Waals surface area contributed by atoms with Gasteiger partial charge in [-0.3, -0.25) is 0 Å². The van der Waals surface area contributed by atoms with Gasteiger partial charge in [0.15, 0.2) is 0 Å². The van der Waals surface area contributed by atoms with Gasteiger partial charge in [0.2, 0.25) is 5.89 Å². The van der Waals surface area contributed by atoms with Crippen molar-refractivity contribution in [2.45, 2.75) is 25.9 Å². The molecule has 28 heavy (non-hydrogen) atoms. The summed E-state index contributed by atoms with van der Waals surface area (Å²) >= 11 is 2.40. The summed E-state index contributed by atoms with van der Waals surface area (Å²) in [4.78, 5) is 4.28. The number of aryl methyl sites for hydroxylation is 1. The van der Waals surface area contributed by atoms with Crippen LogP contribution in [0, 0.1) is 11.6 Å². The zero-order chi connectivity index (χ0) is 19.8. The molecule has 0 aliphatic rings. The molecule has 0 saturated carbocycles. The largest absolute Gasteiger partial charge is 0.487 e. The van der Waals surface area contributed by atoms with Crippen LogP contribution < -0.4 is 4.74 Å². The molecule has 3 nitrogen and oxygen atoms in total. The van der Waals surface area contributed by atoms with Gasteiger partial charge < -0.3 is 9.15 Å². The zero-order valence-corrected chi connectivity index (χ0v) is 17.4. The van der Waals surface area contributed by atoms with Gasteiger partial charge in [-0.05, 0) is 59.6 Å². The van der Waals surface area contributed by atoms with Crippen molar-refractivity contribution in [3.05, 3.63) is 83.1 Å². The van der Waals surface area contributed by atoms with E-state index in [9.17, 15) is 8.78 Å². The number of halogens is 3. The van der Waals surface area contributed by atoms with Crippen LogP contribution in [0.25, 0.3) is 12.2 Å². The molecule has 1 heterocycles. The third-order valence-corrected chi connectivity index (χ3v) is 4.86. The van der Waals surface area contributed by atoms with Crippen molar-refractivity contribution in [3.8, 4) is 5.75 Å². The molecule has 0 amide bonds. The Morgan fingerprint density at radius 3 is 2.61 bits per heavy atom. The molecule has 0 N–H and O–H groups in total. The van der Waals surface area contributed by atoms with E-state index in [1.807, 2.05) is 12.1 Å². The van der Waals surface area contributed by atoms with E-state index in [1.54, 1.807) is 0 Å². The molecule has 0 atom stereocenters. The van der Waals surface area contributed by atoms with Crippen LogP contribution in [0.15, 0.2) is 53.1 Å². The van der Waals surface area contributed by atoms with Gasteiger partial charge in [0.05, 0.1) is 0 Å². The van der Waals surface area contributed by atoms with Crippen LogP contribution in [-0.2, 0) is 13.0 Å². The molecule has 0 unspecified atom stereocenters. The lowest BCUT2D eigenvalue weighted by molar-refractivity contribution is 0.301. The minimum Gasteiger partial charge on any atom is -0.487 e. The van der Waals surface area contributed by atoms with Crippen LogP contribution in [0.1, 0.15) is 35.6 Å². The molecule has 0 aliphatic carbocycles. The highest BCUT2D eigenvalue weighted by Gasteiger charge is 2.05. The smallest absolute Gasteiger partial charge is 0.218 e. The molecule has 2 aromatic carbocycles. The van der Waals surface area contributed by atoms with E-state index in [2.05, 4.69) is 39.7 Å². The van der Waals surface area contributed by atoms with Crippen molar-refractivity contribution < 1.29 is 17.9 Å². The molecule has 0 spiro atoms. The summed E-state index contributed by atoms with van der Waals surface area (Å²) in [5.74, 6) is -0.151. The Morgan fingerprint density at radius 2 is 1.86 bits per heavy atom. The van der Waals surface area contributed by atoms with E-state index in [1.165, 1.54) is 53.4 Å². The number of benzene rings is 2. The van der Waals surface area contributed by atoms with Crippen molar-refractivity contribution in [1.29, 1.82) is 0 Å². The summed E-state index contributed by atoms with van der Waals surface area (Å²) < 4.78 is 38.8. The summed E-state index contributed by atoms with van der Waals surface area (Å²) in [6, 6.07) is 11.5. The zero-order valence-electron chi connectivity index (χ0n) is 15.2. The van der Waals surface area contributed by atoms with Gasteiger partial charge in [-0.1, -0.05) is 34.7 Å². The lowest BCUT2D eigenvalue weighted by Crippen LogP contribution is -1.96. The van der Waals surface area contributed by atoms with Crippen molar-refractivity contribution in [1.82, 2.24) is 4.98 Å². The monoisotopic (exact) mass is 495 g/mol. The summed E-state index contributed by atoms with van der Waals surface area (Å²) in [5.41, 5.74) is 2.19. The Balaban J connectivity index is 1.52. The van der Waals surface area contributed by atoms with E-state index >= 15 is 0 Å². The van der Waals surface area contributed by atoms with Gasteiger partial charge in [-0.15, -0.1) is 0 Å². The summed E-state index contributed by atoms with van der Waals surface area (Å²) in [7, 11) is 0. The summed E-state index contributed by atoms with van der Waals surface area (Å²) in [5, 5.41) is 0. The van der Waals surface area contributed by atoms with E-state index in [0.29, 0.717) is 11.6 Å². The number of rotatable bonds is 9. The second-order valence-electron chi connectivity index (χ2n) is 6.25. The molecule has 0 saturated heterocycles. The minimum atomic E-state index is -0.635. The van der Waals surface area contributed by atoms with Crippen LogP contribution in [0.4, 0.5) is 8.78 Å². The number of unbranched alkanes of at least 4 members (excludes halogenated alkanes) is 1. The van der Waals surface area contributed by atoms with Gasteiger partial charge in [0.1, 0.15) is 35.9 Å². The van der Waals surface area contributed by atoms with Crippen LogP contribution in [0.2, 0.25) is 0 Å². The maximum absolute atomic E-state index is 13.6. The first-order valence-corrected chi connectivity index (χ1v) is 10.5. The summed E-state index contributed by atoms with van der Waals surface area (Å²) in [6.45, 7) is 0.274. The molecule has 3 rings (SSSR count). The van der Waals surface area contributed by atoms with Crippen molar-refractivity contribution in [2.24, 2.45) is 0 Å². The standard InChI is InChI=1S/C22H20F2INO2/c23-18-8-6-17(21(24)13-18)7-11-22-26-19(15-28-22)14-27-20-9-4-16(5-10-20)3-1-2-12-25/h4-11,13,15H,1-3,12,14H2/b11-7+. The second kappa shape index (κ2) is 10.4. The van der Waals surface area contributed by atoms with E-state index in [-0.39, 0.29) is 12.2 Å². The van der Waals surface area contributed by atoms with E-state index in [0.717, 1.165) is 18.2 Å². The number of alkyl halides is 1. The van der Waals surface area contributed by atoms with Crippen molar-refractivity contribution >= 4 is 34.7 Å². The average Bonchev–Trinajstić information content (AvgIpc) is 3.15. The van der Waals surface area contributed by atoms with Crippen LogP contribution in [0.3, 0.4) is 0 Å². The van der Waals surface area contributed by atoms with Crippen LogP contribution in [-0.4, -0.2) is 9.41 Å². The van der Waals surface area contributed by atoms with Gasteiger partial charge in [0, 0.05) is 17.7 Å². The highest BCUT2D eigenvalue weighted by Crippen LogP contribution is 2.17. The van der Waals surface area contributed by atoms with Crippen molar-refractivity contribution in [3.63, 3.8) is 0 Å². The quantitative estimate of drug-likeness (QED) is 0.194. The number of nitrogens with zero attached hydrogens (tertiary/aromatic N) is 1. The topological polar surface area (TPSA) is 35.3 Å². The number of aromatic nitrogens is 1. The molecule has 6 heteroatoms. The Morgan fingerprint density at radius 1 is 1.04 bits per heavy atom. The number of oxazole rings is 1. The molecule has 0 radical (unpaired) electrons. The molecule has 0 aliphatic heterocycles. The Hall–Kier alpha value is -2.22. The third kappa shape index (κ3) is 6.15. The fourth-order valence-corrected chi connectivity index (χ4v) is 3.14. The summed E-state index contributed by atoms with van der Waals surface area (Å²) in [6.07, 6.45) is 8.03. The maximum atomic E-state index is 13.6. The normalized spacial score (nSPS) is 11.2. The molecule has 0 bridgehead atoms. The lowest BCUT2D eigenvalue weighted by atomic mass is 10.1. The molecule has 0 fully saturated rings. The lowest BCUT2D eigenvalue weighted by Gasteiger charge is -2.05. The first-order valence-electron chi connectivity index (χ1n) is 8.99. The number of ether oxygens (including phenoxy) is 1. The predicted octanol–water partition coefficient (Wildman–Crippen LogP) is 6.46. The predicted molar refractivity (Wildman–Crippen MR) is 114 cm³/mol. The highest BCUT2D eigenvalue weighted by atomic mass is 127. The van der Waals surface area contributed by atoms with Gasteiger partial charge in [0.25, 0.3) is 0 Å². The second-order valence-corrected chi connectivity index (χ2v) is 7.33. The molecule has 3 aromatic rings. The van der Waals surface area contributed by atoms with Gasteiger partial charge in [-0.2, -0.15) is 0 Å². The number of hydrogen-bond acceptors (Lipinski definition) is 3. The fraction of sp³-hybridized carbons (Fsp3) is 0.227. The number of hydrogen-bond donors (Lipinski definition) is 0. The maximum Gasteiger partial charge on any atom is 0.218 e. The van der Waals surface area contributed by atoms with E-state index in [4.69, 9.17) is 9.15 Å². The van der Waals surface area contributed by atoms with E-state index < -0.39 is 11.6 Å². The fourth-order valence-electron chi connectivity index (χ4n) is 2.60. The average molecular weight is 495 g/mol. The SMILES string of the molecule is Fc1ccc(/C=C/c2nc(COc3ccc(CCCCI)cc3)co2)c(F)c1. The molecule has 1 aromatic heterocycles. The van der Waals surface area contributed by atoms with Crippen molar-refractivity contribution in [2.75, 3.05) is 4.43 Å². The third-order valence-electron chi connectivity index (χ3n) is 4.10. The first kappa shape index (κ1) is 20.5. The Labute approximate surface area is 176 Å². The first-order chi connectivity index (χ1) is 13.6. The van der Waals surface area contributed by atoms with Crippen LogP contribution >= 0.6 is 22.6 Å². The minimum absolute atomic E-state index is 0.260. The molecular weight excluding hydrogens is 475 g/mol. The van der Waals surface area contributed by atoms with Crippen LogP contribution in [0.5, 0.6) is 5.75 Å².